The van der Waals surface area contributed by atoms with Crippen LogP contribution in [0.2, 0.25) is 0 Å². The van der Waals surface area contributed by atoms with Gasteiger partial charge in [0, 0.05) is 17.7 Å². The Hall–Kier alpha value is -2.64. The number of phenolic OH excluding ortho intramolecular Hbond substituents is 1. The van der Waals surface area contributed by atoms with Crippen LogP contribution >= 0.6 is 0 Å². The van der Waals surface area contributed by atoms with Gasteiger partial charge in [0.05, 0.1) is 11.1 Å². The molecule has 17 heavy (non-hydrogen) atoms. The largest absolute Gasteiger partial charge is 0.507 e. The van der Waals surface area contributed by atoms with Gasteiger partial charge in [-0.1, -0.05) is 0 Å². The summed E-state index contributed by atoms with van der Waals surface area (Å²) in [7, 11) is 0. The molecule has 0 fully saturated rings. The van der Waals surface area contributed by atoms with E-state index in [-0.39, 0.29) is 23.0 Å². The minimum Gasteiger partial charge on any atom is -0.507 e. The van der Waals surface area contributed by atoms with Crippen LogP contribution in [0.5, 0.6) is 5.75 Å². The SMILES string of the molecule is Cc1cc([N+](=O)[O-])cc(C=NN=C(N)N)c1O. The highest BCUT2D eigenvalue weighted by Crippen LogP contribution is 2.26. The van der Waals surface area contributed by atoms with E-state index in [0.29, 0.717) is 5.56 Å². The predicted molar refractivity (Wildman–Crippen MR) is 62.9 cm³/mol. The van der Waals surface area contributed by atoms with Crippen LogP contribution in [0.3, 0.4) is 0 Å². The number of nitro groups is 1. The summed E-state index contributed by atoms with van der Waals surface area (Å²) in [5, 5.41) is 27.1. The Labute approximate surface area is 96.4 Å². The van der Waals surface area contributed by atoms with Crippen molar-refractivity contribution >= 4 is 17.9 Å². The van der Waals surface area contributed by atoms with Crippen molar-refractivity contribution in [1.29, 1.82) is 0 Å². The van der Waals surface area contributed by atoms with Crippen LogP contribution in [-0.2, 0) is 0 Å². The summed E-state index contributed by atoms with van der Waals surface area (Å²) >= 11 is 0. The normalized spacial score (nSPS) is 10.4. The predicted octanol–water partition coefficient (Wildman–Crippen LogP) is 0.216. The number of hydrogen-bond donors (Lipinski definition) is 3. The van der Waals surface area contributed by atoms with Crippen LogP contribution in [-0.4, -0.2) is 22.2 Å². The number of nitrogens with two attached hydrogens (primary N) is 2. The van der Waals surface area contributed by atoms with E-state index in [0.717, 1.165) is 6.21 Å². The molecule has 0 aliphatic heterocycles. The molecule has 1 aromatic carbocycles. The minimum atomic E-state index is -0.565. The summed E-state index contributed by atoms with van der Waals surface area (Å²) in [4.78, 5) is 10.0. The number of phenols is 1. The molecule has 5 N–H and O–H groups in total. The maximum atomic E-state index is 10.6. The fourth-order valence-corrected chi connectivity index (χ4v) is 1.15. The van der Waals surface area contributed by atoms with E-state index in [1.165, 1.54) is 12.1 Å². The fraction of sp³-hybridized carbons (Fsp3) is 0.111. The third kappa shape index (κ3) is 3.16. The van der Waals surface area contributed by atoms with Crippen LogP contribution in [0.25, 0.3) is 0 Å². The second-order valence-electron chi connectivity index (χ2n) is 3.23. The summed E-state index contributed by atoms with van der Waals surface area (Å²) in [6.45, 7) is 1.54. The van der Waals surface area contributed by atoms with Crippen molar-refractivity contribution in [2.75, 3.05) is 0 Å². The van der Waals surface area contributed by atoms with E-state index in [1.54, 1.807) is 6.92 Å². The van der Waals surface area contributed by atoms with E-state index in [9.17, 15) is 15.2 Å². The Morgan fingerprint density at radius 3 is 2.71 bits per heavy atom. The van der Waals surface area contributed by atoms with Gasteiger partial charge in [-0.2, -0.15) is 5.10 Å². The summed E-state index contributed by atoms with van der Waals surface area (Å²) in [5.41, 5.74) is 10.5. The minimum absolute atomic E-state index is 0.106. The molecule has 0 atom stereocenters. The highest BCUT2D eigenvalue weighted by molar-refractivity contribution is 5.86. The third-order valence-corrected chi connectivity index (χ3v) is 1.90. The molecule has 0 radical (unpaired) electrons. The summed E-state index contributed by atoms with van der Waals surface area (Å²) in [6, 6.07) is 2.43. The number of non-ortho nitro benzene ring substituents is 1. The smallest absolute Gasteiger partial charge is 0.270 e. The van der Waals surface area contributed by atoms with Gasteiger partial charge in [0.15, 0.2) is 0 Å². The maximum absolute atomic E-state index is 10.6. The molecule has 1 rings (SSSR count). The first-order valence-corrected chi connectivity index (χ1v) is 4.51. The van der Waals surface area contributed by atoms with Crippen molar-refractivity contribution < 1.29 is 10.0 Å². The van der Waals surface area contributed by atoms with E-state index in [4.69, 9.17) is 11.5 Å². The van der Waals surface area contributed by atoms with Crippen molar-refractivity contribution in [3.8, 4) is 5.75 Å². The topological polar surface area (TPSA) is 140 Å². The Morgan fingerprint density at radius 2 is 2.18 bits per heavy atom. The first-order chi connectivity index (χ1) is 7.91. The summed E-state index contributed by atoms with van der Waals surface area (Å²) in [6.07, 6.45) is 1.13. The van der Waals surface area contributed by atoms with Crippen molar-refractivity contribution in [2.45, 2.75) is 6.92 Å². The van der Waals surface area contributed by atoms with Gasteiger partial charge in [-0.3, -0.25) is 10.1 Å². The molecule has 0 saturated carbocycles. The Kier molecular flexibility index (Phi) is 3.60. The second kappa shape index (κ2) is 4.92. The van der Waals surface area contributed by atoms with Crippen molar-refractivity contribution in [3.63, 3.8) is 0 Å². The molecule has 0 aliphatic carbocycles. The van der Waals surface area contributed by atoms with E-state index in [2.05, 4.69) is 10.2 Å². The molecule has 8 nitrogen and oxygen atoms in total. The highest BCUT2D eigenvalue weighted by atomic mass is 16.6. The molecule has 0 saturated heterocycles. The molecular weight excluding hydrogens is 226 g/mol. The molecule has 0 unspecified atom stereocenters. The molecule has 8 heteroatoms. The highest BCUT2D eigenvalue weighted by Gasteiger charge is 2.12. The van der Waals surface area contributed by atoms with E-state index in [1.807, 2.05) is 0 Å². The van der Waals surface area contributed by atoms with Crippen LogP contribution < -0.4 is 11.5 Å². The van der Waals surface area contributed by atoms with Gasteiger partial charge in [0.2, 0.25) is 5.96 Å². The van der Waals surface area contributed by atoms with Gasteiger partial charge in [-0.25, -0.2) is 0 Å². The molecule has 0 bridgehead atoms. The van der Waals surface area contributed by atoms with E-state index >= 15 is 0 Å². The number of aromatic hydroxyl groups is 1. The number of hydrogen-bond acceptors (Lipinski definition) is 5. The first-order valence-electron chi connectivity index (χ1n) is 4.51. The number of nitro benzene ring substituents is 1. The van der Waals surface area contributed by atoms with Crippen molar-refractivity contribution in [2.24, 2.45) is 21.7 Å². The molecule has 0 aliphatic rings. The van der Waals surface area contributed by atoms with Crippen LogP contribution in [0.15, 0.2) is 22.3 Å². The zero-order chi connectivity index (χ0) is 13.0. The van der Waals surface area contributed by atoms with Crippen LogP contribution in [0.1, 0.15) is 11.1 Å². The average Bonchev–Trinajstić information content (AvgIpc) is 2.23. The van der Waals surface area contributed by atoms with Gasteiger partial charge in [-0.05, 0) is 12.5 Å². The van der Waals surface area contributed by atoms with E-state index < -0.39 is 4.92 Å². The Bertz CT molecular complexity index is 506. The lowest BCUT2D eigenvalue weighted by atomic mass is 10.1. The number of aryl methyl sites for hydroxylation is 1. The van der Waals surface area contributed by atoms with Crippen molar-refractivity contribution in [1.82, 2.24) is 0 Å². The van der Waals surface area contributed by atoms with Crippen LogP contribution in [0, 0.1) is 17.0 Å². The lowest BCUT2D eigenvalue weighted by Crippen LogP contribution is -2.21. The summed E-state index contributed by atoms with van der Waals surface area (Å²) in [5.74, 6) is -0.354. The first kappa shape index (κ1) is 12.4. The summed E-state index contributed by atoms with van der Waals surface area (Å²) < 4.78 is 0. The van der Waals surface area contributed by atoms with Crippen LogP contribution in [0.4, 0.5) is 5.69 Å². The zero-order valence-electron chi connectivity index (χ0n) is 8.99. The third-order valence-electron chi connectivity index (χ3n) is 1.90. The molecule has 0 spiro atoms. The van der Waals surface area contributed by atoms with Gasteiger partial charge in [0.1, 0.15) is 5.75 Å². The number of rotatable bonds is 3. The van der Waals surface area contributed by atoms with Gasteiger partial charge >= 0.3 is 0 Å². The zero-order valence-corrected chi connectivity index (χ0v) is 8.99. The number of guanidine groups is 1. The average molecular weight is 237 g/mol. The Morgan fingerprint density at radius 1 is 1.53 bits per heavy atom. The Balaban J connectivity index is 3.19. The maximum Gasteiger partial charge on any atom is 0.270 e. The quantitative estimate of drug-likeness (QED) is 0.298. The van der Waals surface area contributed by atoms with Gasteiger partial charge in [-0.15, -0.1) is 5.10 Å². The van der Waals surface area contributed by atoms with Gasteiger partial charge in [0.25, 0.3) is 5.69 Å². The molecule has 0 amide bonds. The van der Waals surface area contributed by atoms with Gasteiger partial charge < -0.3 is 16.6 Å². The monoisotopic (exact) mass is 237 g/mol. The number of benzene rings is 1. The lowest BCUT2D eigenvalue weighted by molar-refractivity contribution is -0.384. The molecule has 90 valence electrons. The molecule has 0 heterocycles. The fourth-order valence-electron chi connectivity index (χ4n) is 1.15. The standard InChI is InChI=1S/C9H11N5O3/c1-5-2-7(14(16)17)3-6(8(5)15)4-12-13-9(10)11/h2-4,15H,1H3,(H4,10,11,13). The van der Waals surface area contributed by atoms with Crippen molar-refractivity contribution in [3.05, 3.63) is 33.4 Å². The lowest BCUT2D eigenvalue weighted by Gasteiger charge is -2.02. The molecule has 0 aromatic heterocycles. The molecular formula is C9H11N5O3. The second-order valence-corrected chi connectivity index (χ2v) is 3.23. The molecule has 1 aromatic rings. The number of nitrogens with zero attached hydrogens (tertiary/aromatic N) is 3.